The van der Waals surface area contributed by atoms with Gasteiger partial charge < -0.3 is 30.2 Å². The number of imidazole rings is 2. The highest BCUT2D eigenvalue weighted by Crippen LogP contribution is 2.38. The van der Waals surface area contributed by atoms with E-state index in [2.05, 4.69) is 19.9 Å². The monoisotopic (exact) mass is 830 g/mol. The van der Waals surface area contributed by atoms with Gasteiger partial charge in [0, 0.05) is 18.7 Å². The van der Waals surface area contributed by atoms with Gasteiger partial charge in [0.1, 0.15) is 17.7 Å². The Kier molecular flexibility index (Phi) is 11.5. The number of alkyl halides is 3. The van der Waals surface area contributed by atoms with Crippen LogP contribution in [-0.2, 0) is 20.5 Å². The van der Waals surface area contributed by atoms with Gasteiger partial charge in [-0.3, -0.25) is 14.5 Å². The fraction of sp³-hybridized carbons (Fsp3) is 0.283. The van der Waals surface area contributed by atoms with Gasteiger partial charge in [0.25, 0.3) is 5.91 Å². The molecule has 0 radical (unpaired) electrons. The predicted octanol–water partition coefficient (Wildman–Crippen LogP) is 8.62. The molecule has 0 saturated carbocycles. The van der Waals surface area contributed by atoms with E-state index in [1.165, 1.54) is 6.07 Å². The smallest absolute Gasteiger partial charge is 0.416 e. The van der Waals surface area contributed by atoms with Crippen LogP contribution >= 0.6 is 0 Å². The molecule has 4 atom stereocenters. The van der Waals surface area contributed by atoms with Crippen LogP contribution in [0, 0.1) is 0 Å². The Morgan fingerprint density at radius 3 is 1.69 bits per heavy atom. The molecular weight excluding hydrogens is 786 g/mol. The molecule has 3 amide bonds. The van der Waals surface area contributed by atoms with Crippen LogP contribution in [0.1, 0.15) is 78.3 Å². The number of halogens is 3. The molecule has 2 aliphatic heterocycles. The minimum atomic E-state index is -4.52. The maximum atomic E-state index is 14.0. The van der Waals surface area contributed by atoms with Crippen molar-refractivity contribution >= 4 is 17.9 Å². The lowest BCUT2D eigenvalue weighted by atomic mass is 10.0. The van der Waals surface area contributed by atoms with Crippen molar-refractivity contribution in [1.82, 2.24) is 34.6 Å². The molecule has 4 N–H and O–H groups in total. The number of amides is 3. The number of rotatable bonds is 11. The predicted molar refractivity (Wildman–Crippen MR) is 222 cm³/mol. The Morgan fingerprint density at radius 1 is 0.705 bits per heavy atom. The molecule has 1 unspecified atom stereocenters. The van der Waals surface area contributed by atoms with Crippen LogP contribution in [0.2, 0.25) is 0 Å². The summed E-state index contributed by atoms with van der Waals surface area (Å²) in [5, 5.41) is 0. The van der Waals surface area contributed by atoms with Crippen LogP contribution in [0.5, 0.6) is 0 Å². The van der Waals surface area contributed by atoms with Crippen molar-refractivity contribution in [2.75, 3.05) is 27.2 Å². The lowest BCUT2D eigenvalue weighted by Gasteiger charge is -2.31. The first-order valence-electron chi connectivity index (χ1n) is 20.1. The number of nitrogens with zero attached hydrogens (tertiary/aromatic N) is 5. The summed E-state index contributed by atoms with van der Waals surface area (Å²) in [6, 6.07) is 28.4. The molecule has 8 rings (SSSR count). The molecule has 4 aromatic carbocycles. The number of ether oxygens (including phenoxy) is 1. The Bertz CT molecular complexity index is 2500. The Labute approximate surface area is 350 Å². The molecule has 4 heterocycles. The van der Waals surface area contributed by atoms with Crippen LogP contribution in [0.3, 0.4) is 0 Å². The van der Waals surface area contributed by atoms with Gasteiger partial charge in [0.2, 0.25) is 12.0 Å². The average molecular weight is 831 g/mol. The molecule has 15 heteroatoms. The quantitative estimate of drug-likeness (QED) is 0.118. The minimum Gasteiger partial charge on any atom is -0.431 e. The zero-order valence-corrected chi connectivity index (χ0v) is 33.6. The molecular formula is C46H45F3N8O4. The number of carbonyl (C=O) groups is 3. The average Bonchev–Trinajstić information content (AvgIpc) is 4.10. The number of primary amides is 1. The van der Waals surface area contributed by atoms with Crippen molar-refractivity contribution in [3.05, 3.63) is 144 Å². The van der Waals surface area contributed by atoms with E-state index in [-0.39, 0.29) is 29.5 Å². The van der Waals surface area contributed by atoms with Gasteiger partial charge in [-0.25, -0.2) is 14.8 Å². The van der Waals surface area contributed by atoms with Crippen LogP contribution in [0.25, 0.3) is 33.6 Å². The summed E-state index contributed by atoms with van der Waals surface area (Å²) in [6.07, 6.45) is -0.298. The number of hydrogen-bond donors (Lipinski definition) is 3. The standard InChI is InChI=1S/C46H45F3N8O4/c1-55(2)39(33-11-6-12-34(25-33)46(47,48)49)43(58)56-23-7-13-37(56)41-51-26-35(53-41)30-19-15-28(16-20-30)29-17-21-31(22-18-29)36-27-52-42(54-36)38-14-8-24-57(38)44(59)40(61-45(50)60)32-9-4-3-5-10-32/h3-6,9-12,15-22,25-27,37-40H,7-8,13-14,23-24H2,1-2H3,(H2,50,60)(H,51,53)(H,52,54)/t37-,38-,39?,40+/m0/s1. The van der Waals surface area contributed by atoms with E-state index in [1.54, 1.807) is 71.5 Å². The van der Waals surface area contributed by atoms with Crippen LogP contribution in [0.4, 0.5) is 18.0 Å². The number of hydrogen-bond acceptors (Lipinski definition) is 7. The van der Waals surface area contributed by atoms with Gasteiger partial charge in [-0.1, -0.05) is 91.0 Å². The SMILES string of the molecule is CN(C)C(C(=O)N1CCC[C@H]1c1ncc(-c2ccc(-c3ccc(-c4cnc([C@@H]5CCCN5C(=O)[C@H](OC(N)=O)c5ccccc5)[nH]4)cc3)cc2)[nH]1)c1cccc(C(F)(F)F)c1. The molecule has 2 saturated heterocycles. The van der Waals surface area contributed by atoms with Crippen molar-refractivity contribution in [2.24, 2.45) is 5.73 Å². The number of carbonyl (C=O) groups excluding carboxylic acids is 3. The van der Waals surface area contributed by atoms with E-state index >= 15 is 0 Å². The Morgan fingerprint density at radius 2 is 1.20 bits per heavy atom. The lowest BCUT2D eigenvalue weighted by molar-refractivity contribution is -0.141. The third kappa shape index (κ3) is 8.64. The summed E-state index contributed by atoms with van der Waals surface area (Å²) in [6.45, 7) is 0.968. The number of H-pyrrole nitrogens is 2. The van der Waals surface area contributed by atoms with E-state index in [4.69, 9.17) is 10.5 Å². The first kappa shape index (κ1) is 41.0. The number of aromatic nitrogens is 4. The molecule has 12 nitrogen and oxygen atoms in total. The molecule has 2 fully saturated rings. The second kappa shape index (κ2) is 17.1. The number of nitrogens with two attached hydrogens (primary N) is 1. The number of benzene rings is 4. The molecule has 2 aromatic heterocycles. The summed E-state index contributed by atoms with van der Waals surface area (Å²) in [5.74, 6) is 0.652. The van der Waals surface area contributed by atoms with Crippen molar-refractivity contribution in [1.29, 1.82) is 0 Å². The fourth-order valence-electron chi connectivity index (χ4n) is 8.48. The summed E-state index contributed by atoms with van der Waals surface area (Å²) < 4.78 is 45.9. The van der Waals surface area contributed by atoms with E-state index in [0.717, 1.165) is 58.6 Å². The highest BCUT2D eigenvalue weighted by molar-refractivity contribution is 5.85. The van der Waals surface area contributed by atoms with E-state index < -0.39 is 30.0 Å². The summed E-state index contributed by atoms with van der Waals surface area (Å²) in [5.41, 5.74) is 10.8. The Hall–Kier alpha value is -6.74. The number of aromatic amines is 2. The lowest BCUT2D eigenvalue weighted by Crippen LogP contribution is -2.40. The molecule has 0 spiro atoms. The third-order valence-electron chi connectivity index (χ3n) is 11.5. The maximum Gasteiger partial charge on any atom is 0.416 e. The molecule has 0 bridgehead atoms. The summed E-state index contributed by atoms with van der Waals surface area (Å²) >= 11 is 0. The highest BCUT2D eigenvalue weighted by Gasteiger charge is 2.40. The second-order valence-electron chi connectivity index (χ2n) is 15.6. The van der Waals surface area contributed by atoms with Crippen molar-refractivity contribution < 1.29 is 32.3 Å². The van der Waals surface area contributed by atoms with E-state index in [9.17, 15) is 27.6 Å². The van der Waals surface area contributed by atoms with Gasteiger partial charge in [-0.2, -0.15) is 13.2 Å². The van der Waals surface area contributed by atoms with Gasteiger partial charge in [-0.05, 0) is 79.7 Å². The molecule has 6 aromatic rings. The van der Waals surface area contributed by atoms with Crippen LogP contribution in [0.15, 0.2) is 116 Å². The highest BCUT2D eigenvalue weighted by atomic mass is 19.4. The zero-order valence-electron chi connectivity index (χ0n) is 33.6. The zero-order chi connectivity index (χ0) is 42.8. The maximum absolute atomic E-state index is 14.0. The minimum absolute atomic E-state index is 0.272. The summed E-state index contributed by atoms with van der Waals surface area (Å²) in [7, 11) is 3.38. The summed E-state index contributed by atoms with van der Waals surface area (Å²) in [4.78, 5) is 60.6. The third-order valence-corrected chi connectivity index (χ3v) is 11.5. The topological polar surface area (TPSA) is 154 Å². The normalized spacial score (nSPS) is 17.7. The molecule has 2 aliphatic rings. The van der Waals surface area contributed by atoms with E-state index in [0.29, 0.717) is 43.1 Å². The van der Waals surface area contributed by atoms with Gasteiger partial charge in [0.15, 0.2) is 0 Å². The van der Waals surface area contributed by atoms with Crippen molar-refractivity contribution in [3.8, 4) is 33.6 Å². The number of likely N-dealkylation sites (N-methyl/N-ethyl adjacent to an activating group) is 1. The number of likely N-dealkylation sites (tertiary alicyclic amines) is 2. The van der Waals surface area contributed by atoms with Gasteiger partial charge in [-0.15, -0.1) is 0 Å². The molecule has 0 aliphatic carbocycles. The first-order valence-corrected chi connectivity index (χ1v) is 20.1. The van der Waals surface area contributed by atoms with Crippen LogP contribution in [-0.4, -0.2) is 79.7 Å². The second-order valence-corrected chi connectivity index (χ2v) is 15.6. The van der Waals surface area contributed by atoms with E-state index in [1.807, 2.05) is 54.6 Å². The molecule has 314 valence electrons. The van der Waals surface area contributed by atoms with Crippen molar-refractivity contribution in [2.45, 2.75) is 56.1 Å². The van der Waals surface area contributed by atoms with Gasteiger partial charge in [0.05, 0.1) is 41.4 Å². The first-order chi connectivity index (χ1) is 29.4. The van der Waals surface area contributed by atoms with Gasteiger partial charge >= 0.3 is 12.3 Å². The molecule has 61 heavy (non-hydrogen) atoms. The number of nitrogens with one attached hydrogen (secondary N) is 2. The largest absolute Gasteiger partial charge is 0.431 e. The Balaban J connectivity index is 0.930. The van der Waals surface area contributed by atoms with Crippen molar-refractivity contribution in [3.63, 3.8) is 0 Å². The van der Waals surface area contributed by atoms with Crippen LogP contribution < -0.4 is 5.73 Å². The fourth-order valence-corrected chi connectivity index (χ4v) is 8.48.